The first-order valence-electron chi connectivity index (χ1n) is 7.57. The van der Waals surface area contributed by atoms with Crippen molar-refractivity contribution in [2.75, 3.05) is 11.9 Å². The second-order valence-electron chi connectivity index (χ2n) is 5.90. The van der Waals surface area contributed by atoms with Crippen LogP contribution in [0.1, 0.15) is 18.4 Å². The highest BCUT2D eigenvalue weighted by atomic mass is 32.2. The maximum atomic E-state index is 12.3. The number of nitrogens with zero attached hydrogens (tertiary/aromatic N) is 2. The summed E-state index contributed by atoms with van der Waals surface area (Å²) in [7, 11) is -3.60. The third kappa shape index (κ3) is 3.17. The van der Waals surface area contributed by atoms with Crippen LogP contribution >= 0.6 is 11.3 Å². The number of para-hydroxylation sites is 1. The Bertz CT molecular complexity index is 840. The fourth-order valence-corrected chi connectivity index (χ4v) is 4.60. The molecule has 23 heavy (non-hydrogen) atoms. The Balaban J connectivity index is 1.57. The van der Waals surface area contributed by atoms with Crippen LogP contribution in [0.4, 0.5) is 5.69 Å². The molecule has 1 N–H and O–H groups in total. The number of thiophene rings is 1. The van der Waals surface area contributed by atoms with E-state index >= 15 is 0 Å². The lowest BCUT2D eigenvalue weighted by atomic mass is 10.3. The van der Waals surface area contributed by atoms with Crippen molar-refractivity contribution in [3.05, 3.63) is 46.7 Å². The van der Waals surface area contributed by atoms with E-state index in [4.69, 9.17) is 0 Å². The predicted molar refractivity (Wildman–Crippen MR) is 92.4 cm³/mol. The average Bonchev–Trinajstić information content (AvgIpc) is 3.24. The average molecular weight is 347 g/mol. The molecule has 2 heterocycles. The Morgan fingerprint density at radius 3 is 2.78 bits per heavy atom. The molecule has 5 nitrogen and oxygen atoms in total. The third-order valence-electron chi connectivity index (χ3n) is 4.06. The Morgan fingerprint density at radius 2 is 2.04 bits per heavy atom. The predicted octanol–water partition coefficient (Wildman–Crippen LogP) is 2.93. The molecule has 0 atom stereocenters. The van der Waals surface area contributed by atoms with Crippen LogP contribution in [0, 0.1) is 0 Å². The molecule has 1 aliphatic heterocycles. The molecule has 1 fully saturated rings. The van der Waals surface area contributed by atoms with E-state index < -0.39 is 10.0 Å². The Labute approximate surface area is 139 Å². The van der Waals surface area contributed by atoms with E-state index in [2.05, 4.69) is 31.4 Å². The van der Waals surface area contributed by atoms with E-state index in [1.54, 1.807) is 29.5 Å². The summed E-state index contributed by atoms with van der Waals surface area (Å²) in [4.78, 5) is 2.55. The molecule has 120 valence electrons. The van der Waals surface area contributed by atoms with Crippen LogP contribution in [-0.4, -0.2) is 31.7 Å². The molecule has 7 heteroatoms. The zero-order valence-corrected chi connectivity index (χ0v) is 14.1. The minimum absolute atomic E-state index is 0.250. The van der Waals surface area contributed by atoms with Gasteiger partial charge in [-0.15, -0.1) is 4.40 Å². The van der Waals surface area contributed by atoms with Crippen molar-refractivity contribution >= 4 is 32.9 Å². The fourth-order valence-electron chi connectivity index (χ4n) is 2.80. The number of anilines is 1. The quantitative estimate of drug-likeness (QED) is 0.903. The van der Waals surface area contributed by atoms with Gasteiger partial charge in [0, 0.05) is 12.6 Å². The van der Waals surface area contributed by atoms with Crippen LogP contribution in [0.2, 0.25) is 0 Å². The zero-order chi connectivity index (χ0) is 15.9. The molecule has 4 rings (SSSR count). The van der Waals surface area contributed by atoms with Crippen LogP contribution in [0.15, 0.2) is 50.4 Å². The van der Waals surface area contributed by atoms with E-state index in [-0.39, 0.29) is 4.90 Å². The molecule has 0 amide bonds. The monoisotopic (exact) mass is 347 g/mol. The van der Waals surface area contributed by atoms with Gasteiger partial charge in [-0.05, 0) is 47.4 Å². The lowest BCUT2D eigenvalue weighted by molar-refractivity contribution is 0.293. The van der Waals surface area contributed by atoms with E-state index in [1.165, 1.54) is 18.4 Å². The van der Waals surface area contributed by atoms with Gasteiger partial charge >= 0.3 is 0 Å². The van der Waals surface area contributed by atoms with Crippen molar-refractivity contribution in [1.82, 2.24) is 4.90 Å². The molecule has 2 aromatic rings. The number of sulfonamides is 1. The minimum atomic E-state index is -3.60. The first-order valence-corrected chi connectivity index (χ1v) is 9.95. The highest BCUT2D eigenvalue weighted by molar-refractivity contribution is 7.90. The van der Waals surface area contributed by atoms with Gasteiger partial charge in [-0.2, -0.15) is 19.8 Å². The molecule has 0 saturated heterocycles. The molecular formula is C16H17N3O2S2. The van der Waals surface area contributed by atoms with Gasteiger partial charge in [-0.1, -0.05) is 12.1 Å². The molecular weight excluding hydrogens is 330 g/mol. The van der Waals surface area contributed by atoms with E-state index in [0.29, 0.717) is 24.1 Å². The summed E-state index contributed by atoms with van der Waals surface area (Å²) in [6.45, 7) is 1.35. The Hall–Kier alpha value is -1.70. The zero-order valence-electron chi connectivity index (χ0n) is 12.5. The van der Waals surface area contributed by atoms with Crippen LogP contribution in [0.25, 0.3) is 0 Å². The normalized spacial score (nSPS) is 19.1. The van der Waals surface area contributed by atoms with Gasteiger partial charge in [0.1, 0.15) is 10.7 Å². The summed E-state index contributed by atoms with van der Waals surface area (Å²) >= 11 is 1.68. The summed E-state index contributed by atoms with van der Waals surface area (Å²) in [5, 5.41) is 7.38. The van der Waals surface area contributed by atoms with Gasteiger partial charge in [0.2, 0.25) is 0 Å². The summed E-state index contributed by atoms with van der Waals surface area (Å²) < 4.78 is 28.6. The topological polar surface area (TPSA) is 61.8 Å². The van der Waals surface area contributed by atoms with Gasteiger partial charge in [0.05, 0.1) is 12.2 Å². The van der Waals surface area contributed by atoms with Gasteiger partial charge in [0.15, 0.2) is 0 Å². The number of amidine groups is 1. The lowest BCUT2D eigenvalue weighted by Gasteiger charge is -2.25. The smallest absolute Gasteiger partial charge is 0.286 e. The Kier molecular flexibility index (Phi) is 3.71. The fraction of sp³-hybridized carbons (Fsp3) is 0.312. The van der Waals surface area contributed by atoms with Crippen molar-refractivity contribution < 1.29 is 8.42 Å². The number of rotatable bonds is 5. The number of nitrogens with one attached hydrogen (secondary N) is 1. The SMILES string of the molecule is O=S1(=O)N=C(CN(Cc2ccsc2)C2CC2)Nc2ccccc21. The number of fused-ring (bicyclic) bond motifs is 1. The molecule has 0 unspecified atom stereocenters. The molecule has 1 aromatic heterocycles. The summed E-state index contributed by atoms with van der Waals surface area (Å²) in [6.07, 6.45) is 2.33. The molecule has 1 aliphatic carbocycles. The van der Waals surface area contributed by atoms with Crippen molar-refractivity contribution in [2.45, 2.75) is 30.3 Å². The van der Waals surface area contributed by atoms with Gasteiger partial charge in [-0.25, -0.2) is 0 Å². The molecule has 0 radical (unpaired) electrons. The third-order valence-corrected chi connectivity index (χ3v) is 6.16. The summed E-state index contributed by atoms with van der Waals surface area (Å²) in [5.74, 6) is 0.505. The molecule has 2 aliphatic rings. The van der Waals surface area contributed by atoms with Crippen LogP contribution < -0.4 is 5.32 Å². The standard InChI is InChI=1S/C16H17N3O2S2/c20-23(21)15-4-2-1-3-14(15)17-16(18-23)10-19(13-5-6-13)9-12-7-8-22-11-12/h1-4,7-8,11,13H,5-6,9-10H2,(H,17,18). The van der Waals surface area contributed by atoms with Crippen LogP contribution in [-0.2, 0) is 16.6 Å². The van der Waals surface area contributed by atoms with Crippen LogP contribution in [0.5, 0.6) is 0 Å². The van der Waals surface area contributed by atoms with E-state index in [0.717, 1.165) is 6.54 Å². The molecule has 0 bridgehead atoms. The van der Waals surface area contributed by atoms with Crippen LogP contribution in [0.3, 0.4) is 0 Å². The van der Waals surface area contributed by atoms with Gasteiger partial charge in [0.25, 0.3) is 10.0 Å². The first-order chi connectivity index (χ1) is 11.1. The van der Waals surface area contributed by atoms with Gasteiger partial charge < -0.3 is 5.32 Å². The number of hydrogen-bond donors (Lipinski definition) is 1. The maximum Gasteiger partial charge on any atom is 0.286 e. The number of hydrogen-bond acceptors (Lipinski definition) is 5. The largest absolute Gasteiger partial charge is 0.341 e. The van der Waals surface area contributed by atoms with E-state index in [1.807, 2.05) is 6.07 Å². The molecule has 0 spiro atoms. The number of benzene rings is 1. The molecule has 1 aromatic carbocycles. The minimum Gasteiger partial charge on any atom is -0.341 e. The van der Waals surface area contributed by atoms with Crippen molar-refractivity contribution in [3.63, 3.8) is 0 Å². The van der Waals surface area contributed by atoms with Crippen molar-refractivity contribution in [1.29, 1.82) is 0 Å². The molecule has 1 saturated carbocycles. The van der Waals surface area contributed by atoms with Gasteiger partial charge in [-0.3, -0.25) is 4.90 Å². The highest BCUT2D eigenvalue weighted by Crippen LogP contribution is 2.30. The highest BCUT2D eigenvalue weighted by Gasteiger charge is 2.32. The first kappa shape index (κ1) is 14.9. The van der Waals surface area contributed by atoms with E-state index in [9.17, 15) is 8.42 Å². The van der Waals surface area contributed by atoms with Crippen molar-refractivity contribution in [2.24, 2.45) is 4.40 Å². The maximum absolute atomic E-state index is 12.3. The summed E-state index contributed by atoms with van der Waals surface area (Å²) in [6, 6.07) is 9.55. The summed E-state index contributed by atoms with van der Waals surface area (Å²) in [5.41, 5.74) is 1.88. The second kappa shape index (κ2) is 5.74. The Morgan fingerprint density at radius 1 is 1.22 bits per heavy atom. The lowest BCUT2D eigenvalue weighted by Crippen LogP contribution is -2.36. The van der Waals surface area contributed by atoms with Crippen molar-refractivity contribution in [3.8, 4) is 0 Å². The second-order valence-corrected chi connectivity index (χ2v) is 8.25.